The van der Waals surface area contributed by atoms with Crippen molar-refractivity contribution in [1.82, 2.24) is 0 Å². The number of hydrogen-bond donors (Lipinski definition) is 1. The summed E-state index contributed by atoms with van der Waals surface area (Å²) in [6.45, 7) is 3.34. The van der Waals surface area contributed by atoms with Gasteiger partial charge in [-0.2, -0.15) is 0 Å². The van der Waals surface area contributed by atoms with Crippen LogP contribution in [0.5, 0.6) is 5.75 Å². The van der Waals surface area contributed by atoms with Crippen LogP contribution in [0.3, 0.4) is 0 Å². The predicted octanol–water partition coefficient (Wildman–Crippen LogP) is 3.76. The lowest BCUT2D eigenvalue weighted by Gasteiger charge is -2.21. The van der Waals surface area contributed by atoms with Gasteiger partial charge in [0.25, 0.3) is 0 Å². The molecule has 0 saturated carbocycles. The summed E-state index contributed by atoms with van der Waals surface area (Å²) in [5, 5.41) is 9.59. The number of carboxylic acids is 1. The molecule has 0 bridgehead atoms. The number of carbonyl (C=O) groups is 1. The van der Waals surface area contributed by atoms with Gasteiger partial charge in [0.15, 0.2) is 0 Å². The molecule has 0 fully saturated rings. The van der Waals surface area contributed by atoms with Crippen molar-refractivity contribution >= 4 is 33.5 Å². The molecule has 94 valence electrons. The van der Waals surface area contributed by atoms with Crippen molar-refractivity contribution in [3.05, 3.63) is 27.2 Å². The fraction of sp³-hybridized carbons (Fsp3) is 0.417. The highest BCUT2D eigenvalue weighted by Gasteiger charge is 2.29. The smallest absolute Gasteiger partial charge is 0.309 e. The van der Waals surface area contributed by atoms with E-state index in [4.69, 9.17) is 21.4 Å². The van der Waals surface area contributed by atoms with Gasteiger partial charge in [-0.25, -0.2) is 0 Å². The molecule has 17 heavy (non-hydrogen) atoms. The van der Waals surface area contributed by atoms with E-state index in [1.54, 1.807) is 19.9 Å². The van der Waals surface area contributed by atoms with Gasteiger partial charge in [0.05, 0.1) is 17.5 Å². The maximum atomic E-state index is 11.1. The van der Waals surface area contributed by atoms with Crippen molar-refractivity contribution in [2.24, 2.45) is 5.41 Å². The Kier molecular flexibility index (Phi) is 4.44. The fourth-order valence-electron chi connectivity index (χ4n) is 1.53. The number of carboxylic acid groups (broad SMARTS) is 1. The average Bonchev–Trinajstić information content (AvgIpc) is 2.15. The predicted molar refractivity (Wildman–Crippen MR) is 70.8 cm³/mol. The molecule has 1 N–H and O–H groups in total. The lowest BCUT2D eigenvalue weighted by atomic mass is 9.85. The molecule has 0 aromatic heterocycles. The number of benzene rings is 1. The fourth-order valence-corrected chi connectivity index (χ4v) is 2.48. The van der Waals surface area contributed by atoms with Crippen molar-refractivity contribution in [3.8, 4) is 5.75 Å². The molecule has 0 aliphatic carbocycles. The van der Waals surface area contributed by atoms with Crippen molar-refractivity contribution in [2.75, 3.05) is 7.11 Å². The van der Waals surface area contributed by atoms with Crippen LogP contribution in [0.25, 0.3) is 0 Å². The van der Waals surface area contributed by atoms with Crippen LogP contribution in [0.1, 0.15) is 19.4 Å². The van der Waals surface area contributed by atoms with Crippen LogP contribution in [0.15, 0.2) is 16.6 Å². The van der Waals surface area contributed by atoms with Gasteiger partial charge in [-0.1, -0.05) is 27.5 Å². The van der Waals surface area contributed by atoms with Crippen LogP contribution in [-0.4, -0.2) is 18.2 Å². The molecule has 1 aromatic carbocycles. The molecule has 0 unspecified atom stereocenters. The molecule has 0 spiro atoms. The second kappa shape index (κ2) is 5.27. The second-order valence-electron chi connectivity index (χ2n) is 4.45. The van der Waals surface area contributed by atoms with Crippen molar-refractivity contribution in [2.45, 2.75) is 20.3 Å². The molecule has 3 nitrogen and oxygen atoms in total. The summed E-state index contributed by atoms with van der Waals surface area (Å²) in [6.07, 6.45) is 0.352. The Hall–Kier alpha value is -0.740. The molecule has 0 atom stereocenters. The summed E-state index contributed by atoms with van der Waals surface area (Å²) in [7, 11) is 1.52. The van der Waals surface area contributed by atoms with Gasteiger partial charge in [-0.15, -0.1) is 0 Å². The zero-order chi connectivity index (χ0) is 13.2. The van der Waals surface area contributed by atoms with Crippen LogP contribution in [0, 0.1) is 5.41 Å². The normalized spacial score (nSPS) is 11.4. The van der Waals surface area contributed by atoms with Gasteiger partial charge in [-0.05, 0) is 38.0 Å². The summed E-state index contributed by atoms with van der Waals surface area (Å²) in [5.41, 5.74) is -0.0866. The first-order valence-corrected chi connectivity index (χ1v) is 6.20. The number of halogens is 2. The Labute approximate surface area is 114 Å². The summed E-state index contributed by atoms with van der Waals surface area (Å²) < 4.78 is 6.02. The molecule has 0 aliphatic rings. The van der Waals surface area contributed by atoms with Gasteiger partial charge < -0.3 is 9.84 Å². The molecule has 0 radical (unpaired) electrons. The van der Waals surface area contributed by atoms with E-state index in [0.717, 1.165) is 10.0 Å². The van der Waals surface area contributed by atoms with Gasteiger partial charge in [-0.3, -0.25) is 4.79 Å². The van der Waals surface area contributed by atoms with Crippen molar-refractivity contribution in [3.63, 3.8) is 0 Å². The van der Waals surface area contributed by atoms with Gasteiger partial charge >= 0.3 is 5.97 Å². The number of rotatable bonds is 4. The molecule has 0 aliphatic heterocycles. The summed E-state index contributed by atoms with van der Waals surface area (Å²) in [5.74, 6) is -0.320. The highest BCUT2D eigenvalue weighted by molar-refractivity contribution is 9.10. The molecule has 5 heteroatoms. The third-order valence-electron chi connectivity index (χ3n) is 2.50. The first-order chi connectivity index (χ1) is 7.77. The molecule has 0 heterocycles. The van der Waals surface area contributed by atoms with Crippen LogP contribution in [-0.2, 0) is 11.2 Å². The van der Waals surface area contributed by atoms with E-state index in [-0.39, 0.29) is 0 Å². The number of methoxy groups -OCH3 is 1. The Morgan fingerprint density at radius 1 is 1.53 bits per heavy atom. The van der Waals surface area contributed by atoms with Gasteiger partial charge in [0, 0.05) is 4.47 Å². The Balaban J connectivity index is 3.18. The first-order valence-electron chi connectivity index (χ1n) is 5.03. The zero-order valence-electron chi connectivity index (χ0n) is 9.88. The second-order valence-corrected chi connectivity index (χ2v) is 5.77. The Morgan fingerprint density at radius 2 is 2.12 bits per heavy atom. The molecular formula is C12H14BrClO3. The Bertz CT molecular complexity index is 444. The van der Waals surface area contributed by atoms with Crippen molar-refractivity contribution < 1.29 is 14.6 Å². The molecule has 0 amide bonds. The van der Waals surface area contributed by atoms with Crippen LogP contribution < -0.4 is 4.74 Å². The van der Waals surface area contributed by atoms with E-state index in [1.165, 1.54) is 7.11 Å². The van der Waals surface area contributed by atoms with E-state index < -0.39 is 11.4 Å². The topological polar surface area (TPSA) is 46.5 Å². The first kappa shape index (κ1) is 14.3. The van der Waals surface area contributed by atoms with Crippen molar-refractivity contribution in [1.29, 1.82) is 0 Å². The molecular weight excluding hydrogens is 307 g/mol. The summed E-state index contributed by atoms with van der Waals surface area (Å²) >= 11 is 9.37. The summed E-state index contributed by atoms with van der Waals surface area (Å²) in [6, 6.07) is 3.55. The minimum Gasteiger partial charge on any atom is -0.495 e. The number of aliphatic carboxylic acids is 1. The van der Waals surface area contributed by atoms with E-state index >= 15 is 0 Å². The number of ether oxygens (including phenoxy) is 1. The molecule has 1 aromatic rings. The van der Waals surface area contributed by atoms with E-state index in [2.05, 4.69) is 15.9 Å². The average molecular weight is 322 g/mol. The minimum atomic E-state index is -0.864. The zero-order valence-corrected chi connectivity index (χ0v) is 12.2. The maximum Gasteiger partial charge on any atom is 0.309 e. The number of hydrogen-bond acceptors (Lipinski definition) is 2. The van der Waals surface area contributed by atoms with Crippen LogP contribution >= 0.6 is 27.5 Å². The highest BCUT2D eigenvalue weighted by atomic mass is 79.9. The van der Waals surface area contributed by atoms with E-state index in [1.807, 2.05) is 6.07 Å². The summed E-state index contributed by atoms with van der Waals surface area (Å²) in [4.78, 5) is 11.1. The lowest BCUT2D eigenvalue weighted by Crippen LogP contribution is -2.26. The highest BCUT2D eigenvalue weighted by Crippen LogP contribution is 2.36. The maximum absolute atomic E-state index is 11.1. The quantitative estimate of drug-likeness (QED) is 0.918. The van der Waals surface area contributed by atoms with Crippen LogP contribution in [0.2, 0.25) is 5.02 Å². The van der Waals surface area contributed by atoms with Gasteiger partial charge in [0.1, 0.15) is 5.75 Å². The van der Waals surface area contributed by atoms with Crippen LogP contribution in [0.4, 0.5) is 0 Å². The standard InChI is InChI=1S/C12H14BrClO3/c1-12(2,11(15)16)6-7-4-8(13)5-9(14)10(7)17-3/h4-5H,6H2,1-3H3,(H,15,16). The van der Waals surface area contributed by atoms with E-state index in [0.29, 0.717) is 17.2 Å². The Morgan fingerprint density at radius 3 is 2.59 bits per heavy atom. The minimum absolute atomic E-state index is 0.352. The largest absolute Gasteiger partial charge is 0.495 e. The van der Waals surface area contributed by atoms with Gasteiger partial charge in [0.2, 0.25) is 0 Å². The molecule has 1 rings (SSSR count). The molecule has 0 saturated heterocycles. The SMILES string of the molecule is COc1c(Cl)cc(Br)cc1CC(C)(C)C(=O)O. The monoisotopic (exact) mass is 320 g/mol. The third kappa shape index (κ3) is 3.36. The van der Waals surface area contributed by atoms with E-state index in [9.17, 15) is 4.79 Å². The lowest BCUT2D eigenvalue weighted by molar-refractivity contribution is -0.146. The third-order valence-corrected chi connectivity index (χ3v) is 3.24.